The maximum Gasteiger partial charge on any atom is 0.293 e. The van der Waals surface area contributed by atoms with Crippen molar-refractivity contribution < 1.29 is 17.9 Å². The maximum atomic E-state index is 13.5. The molecular weight excluding hydrogens is 406 g/mol. The second-order valence-corrected chi connectivity index (χ2v) is 9.07. The molecule has 0 aliphatic carbocycles. The Morgan fingerprint density at radius 2 is 1.48 bits per heavy atom. The van der Waals surface area contributed by atoms with Crippen LogP contribution in [0.1, 0.15) is 5.69 Å². The van der Waals surface area contributed by atoms with Crippen LogP contribution in [0.5, 0.6) is 0 Å². The highest BCUT2D eigenvalue weighted by molar-refractivity contribution is 7.99. The van der Waals surface area contributed by atoms with Crippen LogP contribution in [0.2, 0.25) is 0 Å². The SMILES string of the molecule is O=COCc1c(Sc2ccccc2)c2ccccc2n1S(=O)(=O)c1ccccc1. The summed E-state index contributed by atoms with van der Waals surface area (Å²) in [6.45, 7) is 0.174. The number of hydrogen-bond acceptors (Lipinski definition) is 5. The first-order chi connectivity index (χ1) is 14.1. The lowest BCUT2D eigenvalue weighted by Crippen LogP contribution is -2.16. The number of carbonyl (C=O) groups excluding carboxylic acids is 1. The monoisotopic (exact) mass is 423 g/mol. The van der Waals surface area contributed by atoms with Crippen LogP contribution in [0.4, 0.5) is 0 Å². The standard InChI is InChI=1S/C22H17NO4S2/c24-16-27-15-21-22(28-17-9-3-1-4-10-17)19-13-7-8-14-20(19)23(21)29(25,26)18-11-5-2-6-12-18/h1-14,16H,15H2. The predicted molar refractivity (Wildman–Crippen MR) is 112 cm³/mol. The number of carbonyl (C=O) groups is 1. The summed E-state index contributed by atoms with van der Waals surface area (Å²) in [4.78, 5) is 12.8. The van der Waals surface area contributed by atoms with Crippen molar-refractivity contribution in [2.24, 2.45) is 0 Å². The van der Waals surface area contributed by atoms with Crippen LogP contribution >= 0.6 is 11.8 Å². The molecule has 0 unspecified atom stereocenters. The van der Waals surface area contributed by atoms with Crippen molar-refractivity contribution in [2.75, 3.05) is 0 Å². The van der Waals surface area contributed by atoms with Crippen molar-refractivity contribution >= 4 is 39.2 Å². The Hall–Kier alpha value is -3.03. The Morgan fingerprint density at radius 3 is 2.17 bits per heavy atom. The van der Waals surface area contributed by atoms with Crippen LogP contribution in [0.15, 0.2) is 99.6 Å². The lowest BCUT2D eigenvalue weighted by atomic mass is 10.2. The summed E-state index contributed by atoms with van der Waals surface area (Å²) in [5.74, 6) is 0. The van der Waals surface area contributed by atoms with E-state index in [1.165, 1.54) is 15.7 Å². The van der Waals surface area contributed by atoms with Crippen LogP contribution in [0.3, 0.4) is 0 Å². The minimum absolute atomic E-state index is 0.153. The van der Waals surface area contributed by atoms with Gasteiger partial charge in [-0.05, 0) is 30.3 Å². The number of ether oxygens (including phenoxy) is 1. The number of nitrogens with zero attached hydrogens (tertiary/aromatic N) is 1. The van der Waals surface area contributed by atoms with Gasteiger partial charge >= 0.3 is 0 Å². The van der Waals surface area contributed by atoms with Crippen molar-refractivity contribution in [3.63, 3.8) is 0 Å². The second-order valence-electron chi connectivity index (χ2n) is 6.20. The lowest BCUT2D eigenvalue weighted by Gasteiger charge is -2.12. The van der Waals surface area contributed by atoms with Crippen molar-refractivity contribution in [1.82, 2.24) is 3.97 Å². The van der Waals surface area contributed by atoms with Gasteiger partial charge in [-0.1, -0.05) is 66.4 Å². The number of fused-ring (bicyclic) bond motifs is 1. The molecule has 146 valence electrons. The van der Waals surface area contributed by atoms with E-state index in [0.29, 0.717) is 17.7 Å². The third kappa shape index (κ3) is 3.66. The number of benzene rings is 3. The zero-order chi connectivity index (χ0) is 20.3. The van der Waals surface area contributed by atoms with Crippen molar-refractivity contribution in [3.8, 4) is 0 Å². The fourth-order valence-corrected chi connectivity index (χ4v) is 5.87. The Bertz CT molecular complexity index is 1250. The molecule has 7 heteroatoms. The van der Waals surface area contributed by atoms with E-state index in [-0.39, 0.29) is 11.5 Å². The first-order valence-corrected chi connectivity index (χ1v) is 11.1. The summed E-state index contributed by atoms with van der Waals surface area (Å²) in [7, 11) is -3.89. The molecule has 4 aromatic rings. The third-order valence-corrected chi connectivity index (χ3v) is 7.34. The normalized spacial score (nSPS) is 11.4. The fraction of sp³-hybridized carbons (Fsp3) is 0.0455. The van der Waals surface area contributed by atoms with Crippen LogP contribution in [0.25, 0.3) is 10.9 Å². The minimum Gasteiger partial charge on any atom is -0.461 e. The maximum absolute atomic E-state index is 13.5. The van der Waals surface area contributed by atoms with E-state index in [2.05, 4.69) is 0 Å². The van der Waals surface area contributed by atoms with Gasteiger partial charge in [0.05, 0.1) is 16.1 Å². The van der Waals surface area contributed by atoms with E-state index in [4.69, 9.17) is 4.74 Å². The molecular formula is C22H17NO4S2. The minimum atomic E-state index is -3.89. The van der Waals surface area contributed by atoms with Crippen molar-refractivity contribution in [2.45, 2.75) is 21.3 Å². The highest BCUT2D eigenvalue weighted by Crippen LogP contribution is 2.40. The molecule has 0 atom stereocenters. The van der Waals surface area contributed by atoms with Crippen LogP contribution in [-0.4, -0.2) is 18.9 Å². The van der Waals surface area contributed by atoms with Crippen LogP contribution in [-0.2, 0) is 26.2 Å². The molecule has 0 saturated heterocycles. The molecule has 1 heterocycles. The zero-order valence-corrected chi connectivity index (χ0v) is 16.9. The van der Waals surface area contributed by atoms with Gasteiger partial charge in [-0.25, -0.2) is 12.4 Å². The summed E-state index contributed by atoms with van der Waals surface area (Å²) < 4.78 is 33.3. The van der Waals surface area contributed by atoms with Crippen molar-refractivity contribution in [3.05, 3.63) is 90.6 Å². The van der Waals surface area contributed by atoms with E-state index >= 15 is 0 Å². The Labute approximate surface area is 173 Å². The molecule has 4 rings (SSSR count). The van der Waals surface area contributed by atoms with Gasteiger partial charge in [0.2, 0.25) is 0 Å². The number of para-hydroxylation sites is 1. The average Bonchev–Trinajstić information content (AvgIpc) is 3.07. The molecule has 0 spiro atoms. The number of hydrogen-bond donors (Lipinski definition) is 0. The summed E-state index contributed by atoms with van der Waals surface area (Å²) in [5, 5.41) is 0.783. The molecule has 0 aliphatic rings. The molecule has 0 radical (unpaired) electrons. The first kappa shape index (κ1) is 19.3. The Morgan fingerprint density at radius 1 is 0.862 bits per heavy atom. The van der Waals surface area contributed by atoms with Gasteiger partial charge in [-0.3, -0.25) is 4.79 Å². The molecule has 0 amide bonds. The molecule has 0 fully saturated rings. The Balaban J connectivity index is 2.00. The van der Waals surface area contributed by atoms with Crippen LogP contribution < -0.4 is 0 Å². The summed E-state index contributed by atoms with van der Waals surface area (Å²) >= 11 is 1.45. The van der Waals surface area contributed by atoms with Gasteiger partial charge in [-0.15, -0.1) is 0 Å². The van der Waals surface area contributed by atoms with E-state index < -0.39 is 10.0 Å². The number of aromatic nitrogens is 1. The molecule has 3 aromatic carbocycles. The molecule has 5 nitrogen and oxygen atoms in total. The quantitative estimate of drug-likeness (QED) is 0.403. The van der Waals surface area contributed by atoms with E-state index in [1.54, 1.807) is 42.5 Å². The van der Waals surface area contributed by atoms with E-state index in [9.17, 15) is 13.2 Å². The third-order valence-electron chi connectivity index (χ3n) is 4.41. The smallest absolute Gasteiger partial charge is 0.293 e. The molecule has 0 aliphatic heterocycles. The second kappa shape index (κ2) is 8.14. The van der Waals surface area contributed by atoms with Gasteiger partial charge in [-0.2, -0.15) is 0 Å². The van der Waals surface area contributed by atoms with Gasteiger partial charge in [0, 0.05) is 15.2 Å². The highest BCUT2D eigenvalue weighted by atomic mass is 32.2. The van der Waals surface area contributed by atoms with Gasteiger partial charge < -0.3 is 4.74 Å². The predicted octanol–water partition coefficient (Wildman–Crippen LogP) is 4.70. The molecule has 0 N–H and O–H groups in total. The first-order valence-electron chi connectivity index (χ1n) is 8.84. The van der Waals surface area contributed by atoms with E-state index in [1.807, 2.05) is 42.5 Å². The van der Waals surface area contributed by atoms with Gasteiger partial charge in [0.15, 0.2) is 0 Å². The molecule has 1 aromatic heterocycles. The fourth-order valence-electron chi connectivity index (χ4n) is 3.17. The van der Waals surface area contributed by atoms with Gasteiger partial charge in [0.25, 0.3) is 16.5 Å². The molecule has 29 heavy (non-hydrogen) atoms. The highest BCUT2D eigenvalue weighted by Gasteiger charge is 2.27. The number of rotatable bonds is 7. The van der Waals surface area contributed by atoms with Crippen molar-refractivity contribution in [1.29, 1.82) is 0 Å². The Kier molecular flexibility index (Phi) is 5.42. The summed E-state index contributed by atoms with van der Waals surface area (Å²) in [6.07, 6.45) is 0. The van der Waals surface area contributed by atoms with E-state index in [0.717, 1.165) is 15.2 Å². The van der Waals surface area contributed by atoms with Gasteiger partial charge in [0.1, 0.15) is 6.61 Å². The average molecular weight is 424 g/mol. The largest absolute Gasteiger partial charge is 0.461 e. The summed E-state index contributed by atoms with van der Waals surface area (Å²) in [5.41, 5.74) is 0.954. The zero-order valence-electron chi connectivity index (χ0n) is 15.3. The topological polar surface area (TPSA) is 65.4 Å². The summed E-state index contributed by atoms with van der Waals surface area (Å²) in [6, 6.07) is 25.2. The molecule has 0 saturated carbocycles. The molecule has 0 bridgehead atoms. The lowest BCUT2D eigenvalue weighted by molar-refractivity contribution is -0.130. The van der Waals surface area contributed by atoms with Crippen LogP contribution in [0, 0.1) is 0 Å².